The molecule has 0 spiro atoms. The molecule has 0 fully saturated rings. The number of ether oxygens (including phenoxy) is 1. The molecule has 0 aliphatic rings. The lowest BCUT2D eigenvalue weighted by molar-refractivity contribution is -0.152. The molecule has 0 aromatic carbocycles. The minimum absolute atomic E-state index is 0.00604. The monoisotopic (exact) mass is 404 g/mol. The number of amides is 1. The molecular weight excluding hydrogens is 384 g/mol. The molecule has 0 aliphatic heterocycles. The van der Waals surface area contributed by atoms with Crippen molar-refractivity contribution in [2.45, 2.75) is 38.2 Å². The first-order valence-electron chi connectivity index (χ1n) is 8.68. The fourth-order valence-corrected chi connectivity index (χ4v) is 3.19. The van der Waals surface area contributed by atoms with Crippen LogP contribution in [0.25, 0.3) is 11.6 Å². The number of carbonyl (C=O) groups excluding carboxylic acids is 2. The molecule has 10 heteroatoms. The van der Waals surface area contributed by atoms with Crippen molar-refractivity contribution in [2.24, 2.45) is 0 Å². The Morgan fingerprint density at radius 2 is 2.04 bits per heavy atom. The maximum atomic E-state index is 12.1. The van der Waals surface area contributed by atoms with Gasteiger partial charge in [0.2, 0.25) is 0 Å². The Morgan fingerprint density at radius 1 is 1.25 bits per heavy atom. The summed E-state index contributed by atoms with van der Waals surface area (Å²) in [5, 5.41) is 11.4. The van der Waals surface area contributed by atoms with Crippen LogP contribution in [-0.4, -0.2) is 38.5 Å². The largest absolute Gasteiger partial charge is 0.467 e. The molecule has 3 aromatic heterocycles. The van der Waals surface area contributed by atoms with E-state index < -0.39 is 18.0 Å². The van der Waals surface area contributed by atoms with Crippen LogP contribution >= 0.6 is 11.8 Å². The molecule has 1 N–H and O–H groups in total. The van der Waals surface area contributed by atoms with Crippen LogP contribution in [0.2, 0.25) is 0 Å². The Hall–Kier alpha value is -3.01. The molecule has 148 valence electrons. The van der Waals surface area contributed by atoms with Gasteiger partial charge in [-0.25, -0.2) is 0 Å². The summed E-state index contributed by atoms with van der Waals surface area (Å²) >= 11 is 1.19. The van der Waals surface area contributed by atoms with Crippen molar-refractivity contribution in [1.82, 2.24) is 20.1 Å². The Balaban J connectivity index is 1.49. The van der Waals surface area contributed by atoms with Gasteiger partial charge in [-0.15, -0.1) is 10.2 Å². The molecule has 0 bridgehead atoms. The van der Waals surface area contributed by atoms with E-state index in [9.17, 15) is 9.59 Å². The third kappa shape index (κ3) is 4.83. The number of furan rings is 2. The number of hydrogen-bond acceptors (Lipinski definition) is 8. The van der Waals surface area contributed by atoms with Crippen molar-refractivity contribution in [3.63, 3.8) is 0 Å². The molecule has 28 heavy (non-hydrogen) atoms. The molecule has 0 radical (unpaired) electrons. The van der Waals surface area contributed by atoms with Gasteiger partial charge >= 0.3 is 5.97 Å². The fraction of sp³-hybridized carbons (Fsp3) is 0.333. The van der Waals surface area contributed by atoms with Gasteiger partial charge in [-0.3, -0.25) is 14.2 Å². The van der Waals surface area contributed by atoms with Crippen LogP contribution in [0.4, 0.5) is 0 Å². The van der Waals surface area contributed by atoms with Gasteiger partial charge in [-0.05, 0) is 38.1 Å². The van der Waals surface area contributed by atoms with E-state index in [2.05, 4.69) is 15.5 Å². The van der Waals surface area contributed by atoms with E-state index in [1.54, 1.807) is 30.5 Å². The van der Waals surface area contributed by atoms with Crippen molar-refractivity contribution in [1.29, 1.82) is 0 Å². The Kier molecular flexibility index (Phi) is 6.53. The van der Waals surface area contributed by atoms with Crippen LogP contribution < -0.4 is 5.32 Å². The molecule has 3 rings (SSSR count). The van der Waals surface area contributed by atoms with Gasteiger partial charge in [0.25, 0.3) is 5.91 Å². The van der Waals surface area contributed by atoms with Gasteiger partial charge in [0.05, 0.1) is 24.8 Å². The number of nitrogens with zero attached hydrogens (tertiary/aromatic N) is 3. The molecule has 9 nitrogen and oxygen atoms in total. The molecular formula is C18H20N4O5S. The SMILES string of the molecule is CCn1c(SCC(=O)O[C@H](C)C(=O)NCc2ccco2)nnc1-c1ccco1. The third-order valence-corrected chi connectivity index (χ3v) is 4.73. The first-order chi connectivity index (χ1) is 13.6. The van der Waals surface area contributed by atoms with E-state index >= 15 is 0 Å². The second kappa shape index (κ2) is 9.27. The standard InChI is InChI=1S/C18H20N4O5S/c1-3-22-16(14-7-5-9-26-14)20-21-18(22)28-11-15(23)27-12(2)17(24)19-10-13-6-4-8-25-13/h4-9,12H,3,10-11H2,1-2H3,(H,19,24)/t12-/m1/s1. The maximum Gasteiger partial charge on any atom is 0.317 e. The molecule has 1 amide bonds. The number of carbonyl (C=O) groups is 2. The second-order valence-corrected chi connectivity index (χ2v) is 6.69. The summed E-state index contributed by atoms with van der Waals surface area (Å²) in [7, 11) is 0. The summed E-state index contributed by atoms with van der Waals surface area (Å²) in [5.74, 6) is 0.905. The quantitative estimate of drug-likeness (QED) is 0.428. The second-order valence-electron chi connectivity index (χ2n) is 5.75. The summed E-state index contributed by atoms with van der Waals surface area (Å²) in [5.41, 5.74) is 0. The molecule has 0 unspecified atom stereocenters. The highest BCUT2D eigenvalue weighted by atomic mass is 32.2. The number of aromatic nitrogens is 3. The zero-order chi connectivity index (χ0) is 19.9. The average Bonchev–Trinajstić information content (AvgIpc) is 3.45. The van der Waals surface area contributed by atoms with E-state index in [0.29, 0.717) is 29.0 Å². The molecule has 1 atom stereocenters. The minimum Gasteiger partial charge on any atom is -0.467 e. The first-order valence-corrected chi connectivity index (χ1v) is 9.66. The van der Waals surface area contributed by atoms with Crippen molar-refractivity contribution in [2.75, 3.05) is 5.75 Å². The van der Waals surface area contributed by atoms with Crippen LogP contribution in [0.5, 0.6) is 0 Å². The lowest BCUT2D eigenvalue weighted by atomic mass is 10.3. The summed E-state index contributed by atoms with van der Waals surface area (Å²) in [6.07, 6.45) is 2.17. The first kappa shape index (κ1) is 19.7. The predicted octanol–water partition coefficient (Wildman–Crippen LogP) is 2.49. The van der Waals surface area contributed by atoms with E-state index in [4.69, 9.17) is 13.6 Å². The van der Waals surface area contributed by atoms with Crippen LogP contribution in [0.1, 0.15) is 19.6 Å². The van der Waals surface area contributed by atoms with Crippen LogP contribution in [0.3, 0.4) is 0 Å². The van der Waals surface area contributed by atoms with Crippen LogP contribution in [0, 0.1) is 0 Å². The van der Waals surface area contributed by atoms with Gasteiger partial charge in [-0.1, -0.05) is 11.8 Å². The van der Waals surface area contributed by atoms with Crippen molar-refractivity contribution >= 4 is 23.6 Å². The predicted molar refractivity (Wildman–Crippen MR) is 100 cm³/mol. The lowest BCUT2D eigenvalue weighted by Crippen LogP contribution is -2.35. The highest BCUT2D eigenvalue weighted by molar-refractivity contribution is 7.99. The van der Waals surface area contributed by atoms with E-state index in [-0.39, 0.29) is 12.3 Å². The lowest BCUT2D eigenvalue weighted by Gasteiger charge is -2.13. The summed E-state index contributed by atoms with van der Waals surface area (Å²) < 4.78 is 17.5. The number of thioether (sulfide) groups is 1. The maximum absolute atomic E-state index is 12.1. The number of hydrogen-bond donors (Lipinski definition) is 1. The average molecular weight is 404 g/mol. The normalized spacial score (nSPS) is 11.9. The van der Waals surface area contributed by atoms with Crippen molar-refractivity contribution in [3.05, 3.63) is 42.6 Å². The number of nitrogens with one attached hydrogen (secondary N) is 1. The van der Waals surface area contributed by atoms with E-state index in [0.717, 1.165) is 0 Å². The summed E-state index contributed by atoms with van der Waals surface area (Å²) in [6.45, 7) is 4.32. The third-order valence-electron chi connectivity index (χ3n) is 3.79. The Labute approximate surface area is 165 Å². The molecule has 3 heterocycles. The number of rotatable bonds is 9. The highest BCUT2D eigenvalue weighted by Crippen LogP contribution is 2.24. The molecule has 0 saturated heterocycles. The van der Waals surface area contributed by atoms with Gasteiger partial charge in [0.15, 0.2) is 22.8 Å². The Bertz CT molecular complexity index is 905. The van der Waals surface area contributed by atoms with Gasteiger partial charge < -0.3 is 18.9 Å². The molecule has 3 aromatic rings. The number of esters is 1. The van der Waals surface area contributed by atoms with Crippen LogP contribution in [-0.2, 0) is 27.4 Å². The topological polar surface area (TPSA) is 112 Å². The fourth-order valence-electron chi connectivity index (χ4n) is 2.41. The summed E-state index contributed by atoms with van der Waals surface area (Å²) in [6, 6.07) is 7.04. The van der Waals surface area contributed by atoms with Crippen molar-refractivity contribution in [3.8, 4) is 11.6 Å². The van der Waals surface area contributed by atoms with Gasteiger partial charge in [0.1, 0.15) is 5.76 Å². The smallest absolute Gasteiger partial charge is 0.317 e. The summed E-state index contributed by atoms with van der Waals surface area (Å²) in [4.78, 5) is 24.1. The zero-order valence-electron chi connectivity index (χ0n) is 15.5. The van der Waals surface area contributed by atoms with Crippen molar-refractivity contribution < 1.29 is 23.2 Å². The molecule has 0 aliphatic carbocycles. The van der Waals surface area contributed by atoms with E-state index in [1.807, 2.05) is 11.5 Å². The minimum atomic E-state index is -0.911. The van der Waals surface area contributed by atoms with Crippen LogP contribution in [0.15, 0.2) is 50.8 Å². The zero-order valence-corrected chi connectivity index (χ0v) is 16.3. The van der Waals surface area contributed by atoms with Gasteiger partial charge in [-0.2, -0.15) is 0 Å². The highest BCUT2D eigenvalue weighted by Gasteiger charge is 2.20. The van der Waals surface area contributed by atoms with E-state index in [1.165, 1.54) is 24.9 Å². The van der Waals surface area contributed by atoms with Gasteiger partial charge in [0, 0.05) is 6.54 Å². The molecule has 0 saturated carbocycles. The Morgan fingerprint density at radius 3 is 2.71 bits per heavy atom.